The van der Waals surface area contributed by atoms with Crippen molar-refractivity contribution in [3.63, 3.8) is 0 Å². The third-order valence-corrected chi connectivity index (χ3v) is 6.26. The number of benzene rings is 2. The fourth-order valence-corrected chi connectivity index (χ4v) is 4.40. The summed E-state index contributed by atoms with van der Waals surface area (Å²) in [6.07, 6.45) is 0.992. The highest BCUT2D eigenvalue weighted by atomic mass is 32.2. The van der Waals surface area contributed by atoms with Gasteiger partial charge in [0.1, 0.15) is 16.4 Å². The molecule has 9 heteroatoms. The highest BCUT2D eigenvalue weighted by Gasteiger charge is 2.38. The average molecular weight is 498 g/mol. The molecular weight excluding hydrogens is 466 g/mol. The van der Waals surface area contributed by atoms with Gasteiger partial charge >= 0.3 is 0 Å². The molecule has 8 nitrogen and oxygen atoms in total. The third kappa shape index (κ3) is 7.10. The van der Waals surface area contributed by atoms with E-state index in [4.69, 9.17) is 9.47 Å². The second kappa shape index (κ2) is 12.4. The minimum absolute atomic E-state index is 0.0441. The number of nitrogens with one attached hydrogen (secondary N) is 2. The summed E-state index contributed by atoms with van der Waals surface area (Å²) in [7, 11) is 3.16. The Kier molecular flexibility index (Phi) is 9.33. The van der Waals surface area contributed by atoms with E-state index in [2.05, 4.69) is 10.6 Å². The van der Waals surface area contributed by atoms with Crippen molar-refractivity contribution in [3.05, 3.63) is 59.1 Å². The number of carbonyl (C=O) groups excluding carboxylic acids is 3. The molecule has 0 unspecified atom stereocenters. The predicted molar refractivity (Wildman–Crippen MR) is 137 cm³/mol. The van der Waals surface area contributed by atoms with E-state index < -0.39 is 0 Å². The quantitative estimate of drug-likeness (QED) is 0.329. The zero-order valence-corrected chi connectivity index (χ0v) is 21.2. The molecule has 0 aromatic heterocycles. The standard InChI is InChI=1S/C26H31N3O5S/c1-17(2)16-22(30)27-18-8-12-21(13-9-18)35-24-23(28-19-6-10-20(34-4)11-7-19)25(31)29(26(24)32)14-5-15-33-3/h6-13,17,28H,5,14-16H2,1-4H3,(H,27,30). The maximum Gasteiger partial charge on any atom is 0.278 e. The smallest absolute Gasteiger partial charge is 0.278 e. The number of imide groups is 1. The van der Waals surface area contributed by atoms with Crippen molar-refractivity contribution in [2.75, 3.05) is 38.0 Å². The molecule has 186 valence electrons. The van der Waals surface area contributed by atoms with Crippen molar-refractivity contribution in [3.8, 4) is 5.75 Å². The molecule has 2 aromatic rings. The number of hydrogen-bond donors (Lipinski definition) is 2. The minimum Gasteiger partial charge on any atom is -0.497 e. The number of rotatable bonds is 12. The first-order chi connectivity index (χ1) is 16.8. The van der Waals surface area contributed by atoms with Gasteiger partial charge in [-0.25, -0.2) is 0 Å². The Morgan fingerprint density at radius 2 is 1.63 bits per heavy atom. The molecule has 1 aliphatic heterocycles. The number of hydrogen-bond acceptors (Lipinski definition) is 7. The van der Waals surface area contributed by atoms with Crippen molar-refractivity contribution in [1.82, 2.24) is 4.90 Å². The van der Waals surface area contributed by atoms with Gasteiger partial charge in [-0.3, -0.25) is 19.3 Å². The van der Waals surface area contributed by atoms with Gasteiger partial charge in [0, 0.05) is 43.0 Å². The van der Waals surface area contributed by atoms with Crippen LogP contribution < -0.4 is 15.4 Å². The number of nitrogens with zero attached hydrogens (tertiary/aromatic N) is 1. The molecule has 2 aromatic carbocycles. The molecule has 0 spiro atoms. The second-order valence-corrected chi connectivity index (χ2v) is 9.52. The Morgan fingerprint density at radius 3 is 2.23 bits per heavy atom. The first-order valence-electron chi connectivity index (χ1n) is 11.4. The molecular formula is C26H31N3O5S. The largest absolute Gasteiger partial charge is 0.497 e. The number of amides is 3. The van der Waals surface area contributed by atoms with E-state index in [-0.39, 0.29) is 35.9 Å². The minimum atomic E-state index is -0.373. The average Bonchev–Trinajstić information content (AvgIpc) is 3.04. The number of ether oxygens (including phenoxy) is 2. The van der Waals surface area contributed by atoms with Crippen LogP contribution in [0.3, 0.4) is 0 Å². The van der Waals surface area contributed by atoms with Crippen LogP contribution in [-0.4, -0.2) is 50.0 Å². The summed E-state index contributed by atoms with van der Waals surface area (Å²) in [5, 5.41) is 5.99. The summed E-state index contributed by atoms with van der Waals surface area (Å²) >= 11 is 1.22. The van der Waals surface area contributed by atoms with Gasteiger partial charge in [-0.05, 0) is 60.9 Å². The topological polar surface area (TPSA) is 97.0 Å². The van der Waals surface area contributed by atoms with Gasteiger partial charge in [0.05, 0.1) is 7.11 Å². The summed E-state index contributed by atoms with van der Waals surface area (Å²) in [6, 6.07) is 14.3. The normalized spacial score (nSPS) is 13.6. The van der Waals surface area contributed by atoms with Crippen LogP contribution in [-0.2, 0) is 19.1 Å². The van der Waals surface area contributed by atoms with Crippen LogP contribution in [0, 0.1) is 5.92 Å². The van der Waals surface area contributed by atoms with E-state index in [1.807, 2.05) is 26.0 Å². The first-order valence-corrected chi connectivity index (χ1v) is 12.2. The highest BCUT2D eigenvalue weighted by Crippen LogP contribution is 2.36. The highest BCUT2D eigenvalue weighted by molar-refractivity contribution is 8.04. The summed E-state index contributed by atoms with van der Waals surface area (Å²) in [5.74, 6) is 0.196. The lowest BCUT2D eigenvalue weighted by molar-refractivity contribution is -0.137. The zero-order chi connectivity index (χ0) is 25.4. The maximum absolute atomic E-state index is 13.2. The molecule has 0 saturated heterocycles. The van der Waals surface area contributed by atoms with Gasteiger partial charge in [-0.15, -0.1) is 0 Å². The van der Waals surface area contributed by atoms with Crippen LogP contribution in [0.4, 0.5) is 11.4 Å². The molecule has 0 radical (unpaired) electrons. The Hall–Kier alpha value is -3.30. The van der Waals surface area contributed by atoms with Gasteiger partial charge in [0.15, 0.2) is 0 Å². The lowest BCUT2D eigenvalue weighted by atomic mass is 10.1. The van der Waals surface area contributed by atoms with Gasteiger partial charge in [0.2, 0.25) is 5.91 Å². The fraction of sp³-hybridized carbons (Fsp3) is 0.346. The van der Waals surface area contributed by atoms with Crippen LogP contribution in [0.1, 0.15) is 26.7 Å². The van der Waals surface area contributed by atoms with E-state index in [0.29, 0.717) is 41.5 Å². The lowest BCUT2D eigenvalue weighted by Crippen LogP contribution is -2.33. The zero-order valence-electron chi connectivity index (χ0n) is 20.4. The molecule has 0 atom stereocenters. The van der Waals surface area contributed by atoms with E-state index in [1.54, 1.807) is 50.6 Å². The Morgan fingerprint density at radius 1 is 0.971 bits per heavy atom. The molecule has 35 heavy (non-hydrogen) atoms. The van der Waals surface area contributed by atoms with Crippen LogP contribution in [0.2, 0.25) is 0 Å². The third-order valence-electron chi connectivity index (χ3n) is 5.17. The van der Waals surface area contributed by atoms with Crippen LogP contribution in [0.15, 0.2) is 64.0 Å². The summed E-state index contributed by atoms with van der Waals surface area (Å²) < 4.78 is 10.3. The fourth-order valence-electron chi connectivity index (χ4n) is 3.45. The second-order valence-electron chi connectivity index (χ2n) is 8.44. The molecule has 0 aliphatic carbocycles. The van der Waals surface area contributed by atoms with Crippen molar-refractivity contribution in [1.29, 1.82) is 0 Å². The van der Waals surface area contributed by atoms with Gasteiger partial charge in [-0.2, -0.15) is 0 Å². The summed E-state index contributed by atoms with van der Waals surface area (Å²) in [6.45, 7) is 4.70. The molecule has 1 heterocycles. The predicted octanol–water partition coefficient (Wildman–Crippen LogP) is 4.50. The molecule has 3 rings (SSSR count). The lowest BCUT2D eigenvalue weighted by Gasteiger charge is -2.14. The number of carbonyl (C=O) groups is 3. The van der Waals surface area contributed by atoms with Crippen LogP contribution in [0.5, 0.6) is 5.75 Å². The number of thioether (sulfide) groups is 1. The van der Waals surface area contributed by atoms with Crippen LogP contribution in [0.25, 0.3) is 0 Å². The molecule has 0 fully saturated rings. The molecule has 0 saturated carbocycles. The Balaban J connectivity index is 1.81. The maximum atomic E-state index is 13.2. The van der Waals surface area contributed by atoms with Gasteiger partial charge < -0.3 is 20.1 Å². The van der Waals surface area contributed by atoms with E-state index >= 15 is 0 Å². The number of methoxy groups -OCH3 is 2. The van der Waals surface area contributed by atoms with E-state index in [9.17, 15) is 14.4 Å². The summed E-state index contributed by atoms with van der Waals surface area (Å²) in [5.41, 5.74) is 1.58. The first kappa shape index (κ1) is 26.3. The van der Waals surface area contributed by atoms with Crippen molar-refractivity contribution in [2.45, 2.75) is 31.6 Å². The van der Waals surface area contributed by atoms with E-state index in [1.165, 1.54) is 16.7 Å². The Labute approximate surface area is 210 Å². The molecule has 0 bridgehead atoms. The SMILES string of the molecule is COCCCN1C(=O)C(Nc2ccc(OC)cc2)=C(Sc2ccc(NC(=O)CC(C)C)cc2)C1=O. The van der Waals surface area contributed by atoms with Gasteiger partial charge in [0.25, 0.3) is 11.8 Å². The molecule has 2 N–H and O–H groups in total. The number of anilines is 2. The molecule has 1 aliphatic rings. The molecule has 3 amide bonds. The van der Waals surface area contributed by atoms with Gasteiger partial charge in [-0.1, -0.05) is 25.6 Å². The van der Waals surface area contributed by atoms with E-state index in [0.717, 1.165) is 4.90 Å². The van der Waals surface area contributed by atoms with Crippen molar-refractivity contribution >= 4 is 40.9 Å². The summed E-state index contributed by atoms with van der Waals surface area (Å²) in [4.78, 5) is 40.7. The van der Waals surface area contributed by atoms with Crippen molar-refractivity contribution in [2.24, 2.45) is 5.92 Å². The van der Waals surface area contributed by atoms with Crippen LogP contribution >= 0.6 is 11.8 Å². The Bertz CT molecular complexity index is 1080. The monoisotopic (exact) mass is 497 g/mol. The van der Waals surface area contributed by atoms with Crippen molar-refractivity contribution < 1.29 is 23.9 Å².